The van der Waals surface area contributed by atoms with Crippen molar-refractivity contribution in [1.29, 1.82) is 0 Å². The largest absolute Gasteiger partial charge is 0.461 e. The molecule has 18 heavy (non-hydrogen) atoms. The first kappa shape index (κ1) is 14.5. The van der Waals surface area contributed by atoms with Crippen LogP contribution in [0.25, 0.3) is 0 Å². The van der Waals surface area contributed by atoms with Crippen LogP contribution in [0.15, 0.2) is 29.3 Å². The summed E-state index contributed by atoms with van der Waals surface area (Å²) in [6.45, 7) is 1.25. The Labute approximate surface area is 106 Å². The second-order valence-electron chi connectivity index (χ2n) is 3.16. The van der Waals surface area contributed by atoms with Gasteiger partial charge >= 0.3 is 12.1 Å². The summed E-state index contributed by atoms with van der Waals surface area (Å²) >= 11 is 5.59. The minimum absolute atomic E-state index is 0.0280. The van der Waals surface area contributed by atoms with Crippen LogP contribution >= 0.6 is 11.6 Å². The van der Waals surface area contributed by atoms with Crippen LogP contribution in [0.2, 0.25) is 5.02 Å². The summed E-state index contributed by atoms with van der Waals surface area (Å²) in [4.78, 5) is 14.4. The molecule has 0 bridgehead atoms. The molecule has 1 aromatic carbocycles. The van der Waals surface area contributed by atoms with Crippen molar-refractivity contribution in [1.82, 2.24) is 0 Å². The van der Waals surface area contributed by atoms with Crippen LogP contribution in [-0.4, -0.2) is 24.5 Å². The summed E-state index contributed by atoms with van der Waals surface area (Å²) in [5, 5.41) is 0.360. The molecule has 7 heteroatoms. The summed E-state index contributed by atoms with van der Waals surface area (Å²) in [5.41, 5.74) is -1.62. The zero-order chi connectivity index (χ0) is 13.8. The first-order valence-electron chi connectivity index (χ1n) is 4.93. The Bertz CT molecular complexity index is 454. The fourth-order valence-corrected chi connectivity index (χ4v) is 1.19. The molecule has 98 valence electrons. The van der Waals surface area contributed by atoms with E-state index in [0.29, 0.717) is 5.02 Å². The van der Waals surface area contributed by atoms with Gasteiger partial charge in [0.15, 0.2) is 0 Å². The number of hydrogen-bond acceptors (Lipinski definition) is 3. The van der Waals surface area contributed by atoms with Crippen molar-refractivity contribution in [2.24, 2.45) is 4.99 Å². The van der Waals surface area contributed by atoms with E-state index in [4.69, 9.17) is 11.6 Å². The molecule has 0 aliphatic carbocycles. The van der Waals surface area contributed by atoms with Crippen molar-refractivity contribution >= 4 is 29.0 Å². The van der Waals surface area contributed by atoms with E-state index in [-0.39, 0.29) is 12.3 Å². The van der Waals surface area contributed by atoms with Gasteiger partial charge in [0.25, 0.3) is 0 Å². The molecule has 0 unspecified atom stereocenters. The van der Waals surface area contributed by atoms with E-state index in [1.165, 1.54) is 31.2 Å². The van der Waals surface area contributed by atoms with Gasteiger partial charge in [-0.2, -0.15) is 13.2 Å². The second kappa shape index (κ2) is 5.86. The fourth-order valence-electron chi connectivity index (χ4n) is 1.07. The summed E-state index contributed by atoms with van der Waals surface area (Å²) in [6.07, 6.45) is -4.87. The Balaban J connectivity index is 3.10. The maximum absolute atomic E-state index is 12.6. The lowest BCUT2D eigenvalue weighted by atomic mass is 10.3. The van der Waals surface area contributed by atoms with Crippen molar-refractivity contribution < 1.29 is 22.7 Å². The number of ether oxygens (including phenoxy) is 1. The second-order valence-corrected chi connectivity index (χ2v) is 3.59. The van der Waals surface area contributed by atoms with Crippen molar-refractivity contribution in [2.75, 3.05) is 6.61 Å². The molecule has 0 amide bonds. The summed E-state index contributed by atoms with van der Waals surface area (Å²) in [5.74, 6) is -1.50. The molecule has 0 heterocycles. The zero-order valence-corrected chi connectivity index (χ0v) is 10.0. The Morgan fingerprint density at radius 1 is 1.33 bits per heavy atom. The van der Waals surface area contributed by atoms with Gasteiger partial charge in [0.05, 0.1) is 12.3 Å². The minimum atomic E-state index is -4.87. The average Bonchev–Trinajstić information content (AvgIpc) is 2.26. The fraction of sp³-hybridized carbons (Fsp3) is 0.273. The van der Waals surface area contributed by atoms with Crippen LogP contribution in [0.4, 0.5) is 18.9 Å². The van der Waals surface area contributed by atoms with Crippen molar-refractivity contribution in [3.05, 3.63) is 29.3 Å². The van der Waals surface area contributed by atoms with Gasteiger partial charge in [-0.1, -0.05) is 11.6 Å². The number of rotatable bonds is 3. The number of hydrogen-bond donors (Lipinski definition) is 0. The number of benzene rings is 1. The van der Waals surface area contributed by atoms with E-state index >= 15 is 0 Å². The van der Waals surface area contributed by atoms with Gasteiger partial charge < -0.3 is 4.74 Å². The van der Waals surface area contributed by atoms with Crippen LogP contribution in [0.3, 0.4) is 0 Å². The zero-order valence-electron chi connectivity index (χ0n) is 9.29. The van der Waals surface area contributed by atoms with Gasteiger partial charge in [-0.05, 0) is 31.2 Å². The van der Waals surface area contributed by atoms with Crippen molar-refractivity contribution in [3.8, 4) is 0 Å². The Hall–Kier alpha value is -1.56. The van der Waals surface area contributed by atoms with Crippen LogP contribution in [0.5, 0.6) is 0 Å². The number of alkyl halides is 3. The average molecular weight is 280 g/mol. The first-order valence-corrected chi connectivity index (χ1v) is 5.31. The molecule has 0 aromatic heterocycles. The standard InChI is InChI=1S/C11H9ClF3NO2/c1-2-18-10(17)9(11(13,14)15)16-8-5-3-7(12)4-6-8/h3-6H,2H2,1H3. The molecule has 0 spiro atoms. The summed E-state index contributed by atoms with van der Waals surface area (Å²) < 4.78 is 42.1. The van der Waals surface area contributed by atoms with Gasteiger partial charge in [0.2, 0.25) is 5.71 Å². The molecular weight excluding hydrogens is 271 g/mol. The van der Waals surface area contributed by atoms with Crippen LogP contribution in [0.1, 0.15) is 6.92 Å². The molecule has 0 N–H and O–H groups in total. The highest BCUT2D eigenvalue weighted by Gasteiger charge is 2.42. The molecule has 0 saturated heterocycles. The Morgan fingerprint density at radius 3 is 2.33 bits per heavy atom. The maximum Gasteiger partial charge on any atom is 0.440 e. The Morgan fingerprint density at radius 2 is 1.89 bits per heavy atom. The van der Waals surface area contributed by atoms with Crippen molar-refractivity contribution in [2.45, 2.75) is 13.1 Å². The lowest BCUT2D eigenvalue weighted by molar-refractivity contribution is -0.139. The smallest absolute Gasteiger partial charge is 0.440 e. The highest BCUT2D eigenvalue weighted by Crippen LogP contribution is 2.23. The van der Waals surface area contributed by atoms with Gasteiger partial charge in [-0.25, -0.2) is 9.79 Å². The monoisotopic (exact) mass is 279 g/mol. The number of nitrogens with zero attached hydrogens (tertiary/aromatic N) is 1. The topological polar surface area (TPSA) is 38.7 Å². The van der Waals surface area contributed by atoms with Gasteiger partial charge in [-0.15, -0.1) is 0 Å². The normalized spacial score (nSPS) is 12.4. The molecule has 0 fully saturated rings. The summed E-state index contributed by atoms with van der Waals surface area (Å²) in [7, 11) is 0. The number of carbonyl (C=O) groups excluding carboxylic acids is 1. The number of aliphatic imine (C=N–C) groups is 1. The van der Waals surface area contributed by atoms with E-state index in [1.807, 2.05) is 0 Å². The molecule has 3 nitrogen and oxygen atoms in total. The third-order valence-corrected chi connectivity index (χ3v) is 2.06. The van der Waals surface area contributed by atoms with E-state index < -0.39 is 17.9 Å². The lowest BCUT2D eigenvalue weighted by Gasteiger charge is -2.09. The first-order chi connectivity index (χ1) is 8.34. The molecule has 0 aliphatic rings. The number of halogens is 4. The predicted octanol–water partition coefficient (Wildman–Crippen LogP) is 3.54. The van der Waals surface area contributed by atoms with Gasteiger partial charge in [0, 0.05) is 5.02 Å². The van der Waals surface area contributed by atoms with Crippen LogP contribution in [0, 0.1) is 0 Å². The minimum Gasteiger partial charge on any atom is -0.461 e. The van der Waals surface area contributed by atoms with Crippen LogP contribution in [-0.2, 0) is 9.53 Å². The Kier molecular flexibility index (Phi) is 4.72. The molecule has 0 saturated carbocycles. The summed E-state index contributed by atoms with van der Waals surface area (Å²) in [6, 6.07) is 5.29. The van der Waals surface area contributed by atoms with E-state index in [2.05, 4.69) is 9.73 Å². The van der Waals surface area contributed by atoms with E-state index in [1.54, 1.807) is 0 Å². The predicted molar refractivity (Wildman–Crippen MR) is 61.2 cm³/mol. The molecule has 0 aliphatic heterocycles. The number of carbonyl (C=O) groups is 1. The van der Waals surface area contributed by atoms with Crippen molar-refractivity contribution in [3.63, 3.8) is 0 Å². The molecule has 0 radical (unpaired) electrons. The van der Waals surface area contributed by atoms with Gasteiger partial charge in [0.1, 0.15) is 0 Å². The molecule has 1 rings (SSSR count). The number of esters is 1. The third kappa shape index (κ3) is 4.03. The maximum atomic E-state index is 12.6. The van der Waals surface area contributed by atoms with Gasteiger partial charge in [-0.3, -0.25) is 0 Å². The van der Waals surface area contributed by atoms with E-state index in [9.17, 15) is 18.0 Å². The highest BCUT2D eigenvalue weighted by atomic mass is 35.5. The highest BCUT2D eigenvalue weighted by molar-refractivity contribution is 6.39. The molecule has 0 atom stereocenters. The quantitative estimate of drug-likeness (QED) is 0.627. The van der Waals surface area contributed by atoms with Crippen LogP contribution < -0.4 is 0 Å². The SMILES string of the molecule is CCOC(=O)C(=Nc1ccc(Cl)cc1)C(F)(F)F. The van der Waals surface area contributed by atoms with E-state index in [0.717, 1.165) is 0 Å². The molecular formula is C11H9ClF3NO2. The molecule has 1 aromatic rings. The lowest BCUT2D eigenvalue weighted by Crippen LogP contribution is -2.32. The third-order valence-electron chi connectivity index (χ3n) is 1.80.